The van der Waals surface area contributed by atoms with Crippen LogP contribution in [0.4, 0.5) is 5.69 Å². The van der Waals surface area contributed by atoms with Gasteiger partial charge in [0.25, 0.3) is 0 Å². The number of nitro benzene ring substituents is 1. The molecule has 1 aromatic carbocycles. The van der Waals surface area contributed by atoms with Crippen LogP contribution in [-0.4, -0.2) is 17.6 Å². The van der Waals surface area contributed by atoms with Crippen molar-refractivity contribution in [2.45, 2.75) is 39.8 Å². The number of nitro groups is 1. The minimum absolute atomic E-state index is 0.0166. The Bertz CT molecular complexity index is 405. The average Bonchev–Trinajstić information content (AvgIpc) is 2.28. The molecule has 0 atom stereocenters. The largest absolute Gasteiger partial charge is 0.484 e. The Kier molecular flexibility index (Phi) is 5.58. The summed E-state index contributed by atoms with van der Waals surface area (Å²) in [6.45, 7) is 7.42. The van der Waals surface area contributed by atoms with E-state index in [1.807, 2.05) is 13.8 Å². The molecular formula is C13H20N2O3. The van der Waals surface area contributed by atoms with Crippen molar-refractivity contribution in [3.63, 3.8) is 0 Å². The van der Waals surface area contributed by atoms with E-state index in [0.29, 0.717) is 12.3 Å². The first-order valence-electron chi connectivity index (χ1n) is 6.19. The monoisotopic (exact) mass is 252 g/mol. The third kappa shape index (κ3) is 4.33. The second kappa shape index (κ2) is 6.96. The zero-order valence-corrected chi connectivity index (χ0v) is 11.1. The number of benzene rings is 1. The number of nitrogens with one attached hydrogen (secondary N) is 1. The van der Waals surface area contributed by atoms with E-state index in [9.17, 15) is 10.1 Å². The standard InChI is InChI=1S/C13H20N2O3/c1-4-7-14-9-11-5-6-12(15(16)17)13(8-11)18-10(2)3/h5-6,8,10,14H,4,7,9H2,1-3H3. The second-order valence-corrected chi connectivity index (χ2v) is 4.40. The van der Waals surface area contributed by atoms with Crippen LogP contribution in [0.1, 0.15) is 32.8 Å². The molecule has 1 aromatic rings. The van der Waals surface area contributed by atoms with Crippen molar-refractivity contribution in [2.75, 3.05) is 6.54 Å². The molecule has 0 fully saturated rings. The molecule has 0 saturated heterocycles. The van der Waals surface area contributed by atoms with Gasteiger partial charge in [0.15, 0.2) is 5.75 Å². The zero-order valence-electron chi connectivity index (χ0n) is 11.1. The summed E-state index contributed by atoms with van der Waals surface area (Å²) >= 11 is 0. The van der Waals surface area contributed by atoms with Crippen molar-refractivity contribution < 1.29 is 9.66 Å². The number of hydrogen-bond donors (Lipinski definition) is 1. The van der Waals surface area contributed by atoms with E-state index in [-0.39, 0.29) is 11.8 Å². The van der Waals surface area contributed by atoms with E-state index < -0.39 is 4.92 Å². The highest BCUT2D eigenvalue weighted by Crippen LogP contribution is 2.28. The molecule has 100 valence electrons. The minimum atomic E-state index is -0.416. The lowest BCUT2D eigenvalue weighted by Crippen LogP contribution is -2.14. The lowest BCUT2D eigenvalue weighted by molar-refractivity contribution is -0.386. The molecule has 0 amide bonds. The molecule has 0 heterocycles. The predicted octanol–water partition coefficient (Wildman–Crippen LogP) is 2.88. The van der Waals surface area contributed by atoms with Gasteiger partial charge < -0.3 is 10.1 Å². The smallest absolute Gasteiger partial charge is 0.310 e. The highest BCUT2D eigenvalue weighted by Gasteiger charge is 2.16. The fourth-order valence-corrected chi connectivity index (χ4v) is 1.58. The average molecular weight is 252 g/mol. The fourth-order valence-electron chi connectivity index (χ4n) is 1.58. The van der Waals surface area contributed by atoms with E-state index in [0.717, 1.165) is 18.5 Å². The summed E-state index contributed by atoms with van der Waals surface area (Å²) in [5.41, 5.74) is 1.01. The highest BCUT2D eigenvalue weighted by molar-refractivity contribution is 5.48. The highest BCUT2D eigenvalue weighted by atomic mass is 16.6. The molecule has 0 radical (unpaired) electrons. The van der Waals surface area contributed by atoms with Gasteiger partial charge in [0.05, 0.1) is 11.0 Å². The van der Waals surface area contributed by atoms with Gasteiger partial charge in [0.1, 0.15) is 0 Å². The molecule has 5 nitrogen and oxygen atoms in total. The Morgan fingerprint density at radius 3 is 2.72 bits per heavy atom. The van der Waals surface area contributed by atoms with E-state index in [4.69, 9.17) is 4.74 Å². The zero-order chi connectivity index (χ0) is 13.5. The molecule has 5 heteroatoms. The molecular weight excluding hydrogens is 232 g/mol. The van der Waals surface area contributed by atoms with Crippen LogP contribution in [0, 0.1) is 10.1 Å². The Labute approximate surface area is 107 Å². The van der Waals surface area contributed by atoms with Crippen molar-refractivity contribution >= 4 is 5.69 Å². The first-order chi connectivity index (χ1) is 8.54. The van der Waals surface area contributed by atoms with Crippen LogP contribution in [0.25, 0.3) is 0 Å². The van der Waals surface area contributed by atoms with Gasteiger partial charge in [-0.2, -0.15) is 0 Å². The normalized spacial score (nSPS) is 10.7. The van der Waals surface area contributed by atoms with Gasteiger partial charge in [-0.05, 0) is 38.4 Å². The van der Waals surface area contributed by atoms with Crippen LogP contribution in [-0.2, 0) is 6.54 Å². The number of rotatable bonds is 7. The lowest BCUT2D eigenvalue weighted by Gasteiger charge is -2.11. The molecule has 0 aliphatic heterocycles. The first kappa shape index (κ1) is 14.4. The molecule has 0 aliphatic carbocycles. The Morgan fingerprint density at radius 1 is 1.44 bits per heavy atom. The molecule has 0 aromatic heterocycles. The molecule has 18 heavy (non-hydrogen) atoms. The van der Waals surface area contributed by atoms with Crippen LogP contribution < -0.4 is 10.1 Å². The lowest BCUT2D eigenvalue weighted by atomic mass is 10.2. The topological polar surface area (TPSA) is 64.4 Å². The summed E-state index contributed by atoms with van der Waals surface area (Å²) < 4.78 is 5.48. The Hall–Kier alpha value is -1.62. The van der Waals surface area contributed by atoms with Gasteiger partial charge in [-0.25, -0.2) is 0 Å². The summed E-state index contributed by atoms with van der Waals surface area (Å²) in [6, 6.07) is 5.00. The second-order valence-electron chi connectivity index (χ2n) is 4.40. The van der Waals surface area contributed by atoms with Gasteiger partial charge >= 0.3 is 5.69 Å². The summed E-state index contributed by atoms with van der Waals surface area (Å²) in [5.74, 6) is 0.339. The maximum atomic E-state index is 10.9. The SMILES string of the molecule is CCCNCc1ccc([N+](=O)[O-])c(OC(C)C)c1. The Balaban J connectivity index is 2.87. The maximum Gasteiger partial charge on any atom is 0.310 e. The van der Waals surface area contributed by atoms with Crippen molar-refractivity contribution in [1.82, 2.24) is 5.32 Å². The van der Waals surface area contributed by atoms with Crippen molar-refractivity contribution in [3.05, 3.63) is 33.9 Å². The molecule has 0 aliphatic rings. The van der Waals surface area contributed by atoms with Crippen molar-refractivity contribution in [2.24, 2.45) is 0 Å². The molecule has 0 unspecified atom stereocenters. The quantitative estimate of drug-likeness (QED) is 0.460. The van der Waals surface area contributed by atoms with Crippen LogP contribution >= 0.6 is 0 Å². The van der Waals surface area contributed by atoms with Gasteiger partial charge in [-0.3, -0.25) is 10.1 Å². The summed E-state index contributed by atoms with van der Waals surface area (Å²) in [5, 5.41) is 14.1. The number of hydrogen-bond acceptors (Lipinski definition) is 4. The fraction of sp³-hybridized carbons (Fsp3) is 0.538. The van der Waals surface area contributed by atoms with Gasteiger partial charge in [0, 0.05) is 12.6 Å². The van der Waals surface area contributed by atoms with E-state index in [2.05, 4.69) is 12.2 Å². The summed E-state index contributed by atoms with van der Waals surface area (Å²) in [6.07, 6.45) is 0.977. The predicted molar refractivity (Wildman–Crippen MR) is 70.9 cm³/mol. The molecule has 0 spiro atoms. The molecule has 1 N–H and O–H groups in total. The van der Waals surface area contributed by atoms with Crippen LogP contribution in [0.5, 0.6) is 5.75 Å². The third-order valence-corrected chi connectivity index (χ3v) is 2.34. The Morgan fingerprint density at radius 2 is 2.17 bits per heavy atom. The third-order valence-electron chi connectivity index (χ3n) is 2.34. The maximum absolute atomic E-state index is 10.9. The number of nitrogens with zero attached hydrogens (tertiary/aromatic N) is 1. The minimum Gasteiger partial charge on any atom is -0.484 e. The molecule has 0 bridgehead atoms. The van der Waals surface area contributed by atoms with E-state index in [1.54, 1.807) is 12.1 Å². The number of ether oxygens (including phenoxy) is 1. The first-order valence-corrected chi connectivity index (χ1v) is 6.19. The van der Waals surface area contributed by atoms with Crippen LogP contribution in [0.2, 0.25) is 0 Å². The molecule has 1 rings (SSSR count). The van der Waals surface area contributed by atoms with Crippen molar-refractivity contribution in [3.8, 4) is 5.75 Å². The molecule has 0 saturated carbocycles. The van der Waals surface area contributed by atoms with Crippen LogP contribution in [0.3, 0.4) is 0 Å². The van der Waals surface area contributed by atoms with Gasteiger partial charge in [-0.15, -0.1) is 0 Å². The van der Waals surface area contributed by atoms with E-state index in [1.165, 1.54) is 6.07 Å². The summed E-state index contributed by atoms with van der Waals surface area (Å²) in [7, 11) is 0. The van der Waals surface area contributed by atoms with Crippen molar-refractivity contribution in [1.29, 1.82) is 0 Å². The van der Waals surface area contributed by atoms with Gasteiger partial charge in [-0.1, -0.05) is 13.0 Å². The van der Waals surface area contributed by atoms with Crippen LogP contribution in [0.15, 0.2) is 18.2 Å². The van der Waals surface area contributed by atoms with E-state index >= 15 is 0 Å². The van der Waals surface area contributed by atoms with Gasteiger partial charge in [0.2, 0.25) is 0 Å². The summed E-state index contributed by atoms with van der Waals surface area (Å²) in [4.78, 5) is 10.5.